The number of fused-ring (bicyclic) bond motifs is 3. The molecule has 2 fully saturated rings. The number of halogens is 1. The third-order valence-electron chi connectivity index (χ3n) is 8.28. The summed E-state index contributed by atoms with van der Waals surface area (Å²) in [5.74, 6) is 0.587. The van der Waals surface area contributed by atoms with Crippen LogP contribution in [-0.2, 0) is 16.6 Å². The maximum atomic E-state index is 15.1. The lowest BCUT2D eigenvalue weighted by Gasteiger charge is -2.48. The minimum absolute atomic E-state index is 0.00485. The van der Waals surface area contributed by atoms with Crippen molar-refractivity contribution < 1.29 is 14.3 Å². The Morgan fingerprint density at radius 3 is 2.69 bits per heavy atom. The Balaban J connectivity index is 1.59. The molecule has 0 radical (unpaired) electrons. The molecule has 0 amide bonds. The number of aromatic nitrogens is 3. The van der Waals surface area contributed by atoms with Gasteiger partial charge in [0.2, 0.25) is 0 Å². The maximum Gasteiger partial charge on any atom is 0.165 e. The quantitative estimate of drug-likeness (QED) is 0.371. The van der Waals surface area contributed by atoms with E-state index < -0.39 is 5.41 Å². The third kappa shape index (κ3) is 3.49. The molecule has 0 unspecified atom stereocenters. The number of ketones is 1. The molecule has 6 heteroatoms. The van der Waals surface area contributed by atoms with Crippen LogP contribution in [0, 0.1) is 17.7 Å². The molecule has 1 N–H and O–H groups in total. The van der Waals surface area contributed by atoms with Gasteiger partial charge in [-0.15, -0.1) is 0 Å². The number of allylic oxidation sites excluding steroid dienone is 1. The number of aliphatic hydroxyl groups excluding tert-OH is 1. The molecular formula is C29H28FN3O2. The van der Waals surface area contributed by atoms with Crippen LogP contribution in [0.5, 0.6) is 0 Å². The second kappa shape index (κ2) is 8.08. The van der Waals surface area contributed by atoms with Crippen LogP contribution in [0.2, 0.25) is 0 Å². The number of Topliss-reactive ketones (excluding diaryl/α,β-unsaturated/α-hetero) is 1. The smallest absolute Gasteiger partial charge is 0.165 e. The van der Waals surface area contributed by atoms with Crippen molar-refractivity contribution >= 4 is 5.78 Å². The van der Waals surface area contributed by atoms with Crippen LogP contribution in [0.25, 0.3) is 22.6 Å². The standard InChI is InChI=1S/C29H28FN3O2/c1-16-22-10-9-21-25(20-5-3-4-6-23(20)30)32-28(18-11-12-31-24(13-18)17-7-8-17)33-27(21)29(22,2)14-19(15-34)26(16)35/h3-6,11-13,15-17,22,34H,7-10,14H2,1-2H3/b19-15-/t16-,22-,29-/m1/s1. The molecule has 0 spiro atoms. The van der Waals surface area contributed by atoms with Crippen LogP contribution in [0.3, 0.4) is 0 Å². The zero-order valence-corrected chi connectivity index (χ0v) is 20.0. The molecule has 0 aliphatic heterocycles. The van der Waals surface area contributed by atoms with Gasteiger partial charge in [0.25, 0.3) is 0 Å². The number of aliphatic hydroxyl groups is 1. The minimum Gasteiger partial charge on any atom is -0.515 e. The molecule has 1 aromatic carbocycles. The molecule has 5 nitrogen and oxygen atoms in total. The fourth-order valence-electron chi connectivity index (χ4n) is 6.27. The van der Waals surface area contributed by atoms with Gasteiger partial charge in [-0.2, -0.15) is 0 Å². The Kier molecular flexibility index (Phi) is 5.09. The second-order valence-electron chi connectivity index (χ2n) is 10.5. The van der Waals surface area contributed by atoms with Gasteiger partial charge in [0, 0.05) is 51.4 Å². The lowest BCUT2D eigenvalue weighted by atomic mass is 9.55. The molecule has 2 saturated carbocycles. The summed E-state index contributed by atoms with van der Waals surface area (Å²) < 4.78 is 15.1. The molecule has 3 aromatic rings. The van der Waals surface area contributed by atoms with Crippen molar-refractivity contribution in [3.8, 4) is 22.6 Å². The van der Waals surface area contributed by atoms with Gasteiger partial charge in [-0.05, 0) is 62.3 Å². The van der Waals surface area contributed by atoms with Crippen LogP contribution in [-0.4, -0.2) is 25.8 Å². The van der Waals surface area contributed by atoms with E-state index in [0.717, 1.165) is 48.0 Å². The Morgan fingerprint density at radius 2 is 1.94 bits per heavy atom. The van der Waals surface area contributed by atoms with Crippen LogP contribution in [0.15, 0.2) is 54.4 Å². The molecule has 6 rings (SSSR count). The van der Waals surface area contributed by atoms with Crippen LogP contribution in [0.1, 0.15) is 62.4 Å². The van der Waals surface area contributed by atoms with Crippen LogP contribution in [0.4, 0.5) is 4.39 Å². The highest BCUT2D eigenvalue weighted by atomic mass is 19.1. The highest BCUT2D eigenvalue weighted by molar-refractivity contribution is 5.98. The predicted molar refractivity (Wildman–Crippen MR) is 131 cm³/mol. The van der Waals surface area contributed by atoms with E-state index >= 15 is 4.39 Å². The highest BCUT2D eigenvalue weighted by Crippen LogP contribution is 2.53. The molecular weight excluding hydrogens is 441 g/mol. The van der Waals surface area contributed by atoms with Crippen molar-refractivity contribution in [1.29, 1.82) is 0 Å². The monoisotopic (exact) mass is 469 g/mol. The predicted octanol–water partition coefficient (Wildman–Crippen LogP) is 6.09. The van der Waals surface area contributed by atoms with Crippen molar-refractivity contribution in [3.05, 3.63) is 77.2 Å². The SMILES string of the molecule is C[C@H]1C(=O)/C(=C\O)C[C@@]2(C)c3nc(-c4ccnc(C5CC5)c4)nc(-c4ccccc4F)c3CC[C@H]12. The number of hydrogen-bond donors (Lipinski definition) is 1. The minimum atomic E-state index is -0.473. The Morgan fingerprint density at radius 1 is 1.14 bits per heavy atom. The topological polar surface area (TPSA) is 76.0 Å². The summed E-state index contributed by atoms with van der Waals surface area (Å²) in [5, 5.41) is 9.85. The fourth-order valence-corrected chi connectivity index (χ4v) is 6.27. The first-order valence-electron chi connectivity index (χ1n) is 12.4. The number of carbonyl (C=O) groups is 1. The summed E-state index contributed by atoms with van der Waals surface area (Å²) in [7, 11) is 0. The molecule has 2 aromatic heterocycles. The van der Waals surface area contributed by atoms with E-state index in [4.69, 9.17) is 9.97 Å². The average Bonchev–Trinajstić information content (AvgIpc) is 3.72. The third-order valence-corrected chi connectivity index (χ3v) is 8.28. The van der Waals surface area contributed by atoms with Gasteiger partial charge in [-0.1, -0.05) is 26.0 Å². The lowest BCUT2D eigenvalue weighted by molar-refractivity contribution is -0.124. The van der Waals surface area contributed by atoms with Crippen molar-refractivity contribution in [2.75, 3.05) is 0 Å². The van der Waals surface area contributed by atoms with Crippen LogP contribution < -0.4 is 0 Å². The van der Waals surface area contributed by atoms with Crippen molar-refractivity contribution in [1.82, 2.24) is 15.0 Å². The van der Waals surface area contributed by atoms with Crippen LogP contribution >= 0.6 is 0 Å². The molecule has 0 bridgehead atoms. The maximum absolute atomic E-state index is 15.1. The molecule has 2 heterocycles. The van der Waals surface area contributed by atoms with E-state index in [2.05, 4.69) is 18.0 Å². The largest absolute Gasteiger partial charge is 0.515 e. The van der Waals surface area contributed by atoms with E-state index in [1.807, 2.05) is 19.1 Å². The van der Waals surface area contributed by atoms with Gasteiger partial charge in [0.15, 0.2) is 11.6 Å². The first-order valence-corrected chi connectivity index (χ1v) is 12.4. The number of benzene rings is 1. The molecule has 0 saturated heterocycles. The molecule has 3 aliphatic carbocycles. The zero-order chi connectivity index (χ0) is 24.3. The summed E-state index contributed by atoms with van der Waals surface area (Å²) in [5.41, 5.74) is 4.74. The number of carbonyl (C=O) groups excluding carboxylic acids is 1. The highest BCUT2D eigenvalue weighted by Gasteiger charge is 2.51. The summed E-state index contributed by atoms with van der Waals surface area (Å²) in [6.07, 6.45) is 6.92. The van der Waals surface area contributed by atoms with Gasteiger partial charge >= 0.3 is 0 Å². The Hall–Kier alpha value is -3.41. The summed E-state index contributed by atoms with van der Waals surface area (Å²) in [6, 6.07) is 10.7. The van der Waals surface area contributed by atoms with Gasteiger partial charge in [-0.3, -0.25) is 9.78 Å². The van der Waals surface area contributed by atoms with E-state index in [9.17, 15) is 9.90 Å². The van der Waals surface area contributed by atoms with E-state index in [1.54, 1.807) is 18.3 Å². The Bertz CT molecular complexity index is 1380. The number of pyridine rings is 1. The van der Waals surface area contributed by atoms with E-state index in [-0.39, 0.29) is 23.4 Å². The number of hydrogen-bond acceptors (Lipinski definition) is 5. The second-order valence-corrected chi connectivity index (χ2v) is 10.5. The van der Waals surface area contributed by atoms with Gasteiger partial charge in [0.05, 0.1) is 17.6 Å². The number of rotatable bonds is 3. The molecule has 3 aliphatic rings. The van der Waals surface area contributed by atoms with E-state index in [0.29, 0.717) is 41.4 Å². The average molecular weight is 470 g/mol. The molecule has 178 valence electrons. The van der Waals surface area contributed by atoms with Crippen molar-refractivity contribution in [3.63, 3.8) is 0 Å². The Labute approximate surface area is 204 Å². The van der Waals surface area contributed by atoms with Crippen molar-refractivity contribution in [2.24, 2.45) is 11.8 Å². The van der Waals surface area contributed by atoms with Crippen molar-refractivity contribution in [2.45, 2.75) is 57.3 Å². The van der Waals surface area contributed by atoms with Gasteiger partial charge < -0.3 is 5.11 Å². The fraction of sp³-hybridized carbons (Fsp3) is 0.379. The van der Waals surface area contributed by atoms with Gasteiger partial charge in [-0.25, -0.2) is 14.4 Å². The zero-order valence-electron chi connectivity index (χ0n) is 20.0. The summed E-state index contributed by atoms with van der Waals surface area (Å²) >= 11 is 0. The van der Waals surface area contributed by atoms with E-state index in [1.165, 1.54) is 6.07 Å². The first-order chi connectivity index (χ1) is 16.9. The molecule has 35 heavy (non-hydrogen) atoms. The molecule has 3 atom stereocenters. The lowest BCUT2D eigenvalue weighted by Crippen LogP contribution is -2.48. The summed E-state index contributed by atoms with van der Waals surface area (Å²) in [6.45, 7) is 4.08. The number of nitrogens with zero attached hydrogens (tertiary/aromatic N) is 3. The first kappa shape index (κ1) is 22.1. The van der Waals surface area contributed by atoms with Gasteiger partial charge in [0.1, 0.15) is 5.82 Å². The normalized spacial score (nSPS) is 26.9. The summed E-state index contributed by atoms with van der Waals surface area (Å²) in [4.78, 5) is 27.5.